The Bertz CT molecular complexity index is 1210. The molecular formula is C25H21BrN2. The van der Waals surface area contributed by atoms with Crippen molar-refractivity contribution in [3.63, 3.8) is 0 Å². The lowest BCUT2D eigenvalue weighted by Crippen LogP contribution is -2.07. The maximum atomic E-state index is 3.72. The molecule has 0 aliphatic heterocycles. The van der Waals surface area contributed by atoms with Gasteiger partial charge in [-0.15, -0.1) is 0 Å². The van der Waals surface area contributed by atoms with Crippen LogP contribution in [0.3, 0.4) is 0 Å². The first-order chi connectivity index (χ1) is 13.6. The van der Waals surface area contributed by atoms with Crippen molar-refractivity contribution in [2.45, 2.75) is 19.8 Å². The predicted octanol–water partition coefficient (Wildman–Crippen LogP) is 7.21. The van der Waals surface area contributed by atoms with E-state index >= 15 is 0 Å². The third-order valence-electron chi connectivity index (χ3n) is 5.79. The normalized spacial score (nSPS) is 11.7. The molecule has 2 N–H and O–H groups in total. The number of nitrogens with one attached hydrogen (secondary N) is 2. The van der Waals surface area contributed by atoms with Gasteiger partial charge in [-0.25, -0.2) is 0 Å². The molecule has 0 atom stereocenters. The molecule has 0 bridgehead atoms. The zero-order valence-electron chi connectivity index (χ0n) is 15.9. The minimum absolute atomic E-state index is 0.118. The number of aryl methyl sites for hydroxylation is 2. The SMILES string of the molecule is Cc1c(C(c2ccc(Br)cc2)c2[nH]c3ccccc3c2C)[nH]c2ccccc12. The summed E-state index contributed by atoms with van der Waals surface area (Å²) in [4.78, 5) is 7.43. The number of para-hydroxylation sites is 2. The molecule has 138 valence electrons. The van der Waals surface area contributed by atoms with Crippen LogP contribution in [0.15, 0.2) is 77.3 Å². The Morgan fingerprint density at radius 2 is 1.11 bits per heavy atom. The molecule has 0 aliphatic carbocycles. The average Bonchev–Trinajstić information content (AvgIpc) is 3.22. The number of aromatic nitrogens is 2. The van der Waals surface area contributed by atoms with Gasteiger partial charge >= 0.3 is 0 Å². The van der Waals surface area contributed by atoms with Gasteiger partial charge in [0.2, 0.25) is 0 Å². The monoisotopic (exact) mass is 428 g/mol. The van der Waals surface area contributed by atoms with Gasteiger partial charge in [-0.2, -0.15) is 0 Å². The van der Waals surface area contributed by atoms with Gasteiger partial charge in [-0.3, -0.25) is 0 Å². The van der Waals surface area contributed by atoms with Crippen LogP contribution in [-0.4, -0.2) is 9.97 Å². The number of benzene rings is 3. The van der Waals surface area contributed by atoms with Crippen LogP contribution in [0.1, 0.15) is 34.0 Å². The van der Waals surface area contributed by atoms with Gasteiger partial charge < -0.3 is 9.97 Å². The van der Waals surface area contributed by atoms with Crippen molar-refractivity contribution in [2.24, 2.45) is 0 Å². The molecule has 2 heterocycles. The number of hydrogen-bond donors (Lipinski definition) is 2. The van der Waals surface area contributed by atoms with Gasteiger partial charge in [-0.05, 0) is 54.8 Å². The van der Waals surface area contributed by atoms with E-state index in [1.54, 1.807) is 0 Å². The fourth-order valence-electron chi connectivity index (χ4n) is 4.32. The summed E-state index contributed by atoms with van der Waals surface area (Å²) >= 11 is 3.58. The summed E-state index contributed by atoms with van der Waals surface area (Å²) < 4.78 is 1.09. The second-order valence-electron chi connectivity index (χ2n) is 7.40. The number of H-pyrrole nitrogens is 2. The minimum atomic E-state index is 0.118. The average molecular weight is 429 g/mol. The number of aromatic amines is 2. The van der Waals surface area contributed by atoms with Crippen molar-refractivity contribution < 1.29 is 0 Å². The number of fused-ring (bicyclic) bond motifs is 2. The Kier molecular flexibility index (Phi) is 4.13. The highest BCUT2D eigenvalue weighted by Gasteiger charge is 2.25. The van der Waals surface area contributed by atoms with Crippen molar-refractivity contribution in [1.29, 1.82) is 0 Å². The molecule has 28 heavy (non-hydrogen) atoms. The molecule has 2 nitrogen and oxygen atoms in total. The standard InChI is InChI=1S/C25H21BrN2/c1-15-19-7-3-5-9-21(19)27-24(15)23(17-11-13-18(26)14-12-17)25-16(2)20-8-4-6-10-22(20)28-25/h3-14,23,27-28H,1-2H3. The van der Waals surface area contributed by atoms with Crippen LogP contribution in [0.2, 0.25) is 0 Å². The smallest absolute Gasteiger partial charge is 0.0647 e. The van der Waals surface area contributed by atoms with Crippen LogP contribution in [0.4, 0.5) is 0 Å². The van der Waals surface area contributed by atoms with Gasteiger partial charge in [0.05, 0.1) is 5.92 Å². The van der Waals surface area contributed by atoms with Gasteiger partial charge in [0, 0.05) is 37.7 Å². The molecule has 0 unspecified atom stereocenters. The predicted molar refractivity (Wildman–Crippen MR) is 121 cm³/mol. The Morgan fingerprint density at radius 1 is 0.643 bits per heavy atom. The zero-order chi connectivity index (χ0) is 19.3. The zero-order valence-corrected chi connectivity index (χ0v) is 17.5. The third-order valence-corrected chi connectivity index (χ3v) is 6.32. The van der Waals surface area contributed by atoms with E-state index in [4.69, 9.17) is 0 Å². The summed E-state index contributed by atoms with van der Waals surface area (Å²) in [6.45, 7) is 4.44. The summed E-state index contributed by atoms with van der Waals surface area (Å²) in [5, 5.41) is 2.57. The van der Waals surface area contributed by atoms with E-state index in [1.165, 1.54) is 49.9 Å². The van der Waals surface area contributed by atoms with Crippen molar-refractivity contribution in [3.8, 4) is 0 Å². The van der Waals surface area contributed by atoms with E-state index < -0.39 is 0 Å². The molecular weight excluding hydrogens is 408 g/mol. The number of halogens is 1. The maximum Gasteiger partial charge on any atom is 0.0647 e. The molecule has 2 aromatic heterocycles. The summed E-state index contributed by atoms with van der Waals surface area (Å²) in [6.07, 6.45) is 0. The lowest BCUT2D eigenvalue weighted by Gasteiger charge is -2.18. The fourth-order valence-corrected chi connectivity index (χ4v) is 4.58. The largest absolute Gasteiger partial charge is 0.357 e. The molecule has 0 aliphatic rings. The van der Waals surface area contributed by atoms with Gasteiger partial charge in [0.15, 0.2) is 0 Å². The van der Waals surface area contributed by atoms with Crippen LogP contribution in [0.25, 0.3) is 21.8 Å². The first-order valence-electron chi connectivity index (χ1n) is 9.53. The van der Waals surface area contributed by atoms with E-state index in [0.29, 0.717) is 0 Å². The fraction of sp³-hybridized carbons (Fsp3) is 0.120. The van der Waals surface area contributed by atoms with Crippen LogP contribution in [-0.2, 0) is 0 Å². The Hall–Kier alpha value is -2.78. The van der Waals surface area contributed by atoms with Gasteiger partial charge in [0.25, 0.3) is 0 Å². The first kappa shape index (κ1) is 17.3. The lowest BCUT2D eigenvalue weighted by molar-refractivity contribution is 0.886. The van der Waals surface area contributed by atoms with E-state index in [0.717, 1.165) is 4.47 Å². The highest BCUT2D eigenvalue weighted by molar-refractivity contribution is 9.10. The summed E-state index contributed by atoms with van der Waals surface area (Å²) in [5.41, 5.74) is 8.75. The van der Waals surface area contributed by atoms with Crippen LogP contribution < -0.4 is 0 Å². The van der Waals surface area contributed by atoms with Crippen molar-refractivity contribution in [3.05, 3.63) is 105 Å². The molecule has 3 aromatic carbocycles. The molecule has 5 aromatic rings. The molecule has 0 spiro atoms. The maximum absolute atomic E-state index is 3.72. The first-order valence-corrected chi connectivity index (χ1v) is 10.3. The number of hydrogen-bond acceptors (Lipinski definition) is 0. The Labute approximate surface area is 172 Å². The highest BCUT2D eigenvalue weighted by atomic mass is 79.9. The van der Waals surface area contributed by atoms with Crippen molar-refractivity contribution in [1.82, 2.24) is 9.97 Å². The molecule has 0 saturated carbocycles. The molecule has 0 radical (unpaired) electrons. The molecule has 3 heteroatoms. The van der Waals surface area contributed by atoms with E-state index in [1.807, 2.05) is 0 Å². The number of rotatable bonds is 3. The Balaban J connectivity index is 1.80. The molecule has 5 rings (SSSR count). The second-order valence-corrected chi connectivity index (χ2v) is 8.32. The summed E-state index contributed by atoms with van der Waals surface area (Å²) in [7, 11) is 0. The molecule has 0 saturated heterocycles. The highest BCUT2D eigenvalue weighted by Crippen LogP contribution is 2.39. The van der Waals surface area contributed by atoms with Gasteiger partial charge in [-0.1, -0.05) is 64.5 Å². The van der Waals surface area contributed by atoms with E-state index in [2.05, 4.69) is 113 Å². The molecule has 0 amide bonds. The van der Waals surface area contributed by atoms with E-state index in [9.17, 15) is 0 Å². The Morgan fingerprint density at radius 3 is 1.57 bits per heavy atom. The lowest BCUT2D eigenvalue weighted by atomic mass is 9.88. The van der Waals surface area contributed by atoms with Crippen LogP contribution in [0.5, 0.6) is 0 Å². The molecule has 0 fully saturated rings. The minimum Gasteiger partial charge on any atom is -0.357 e. The topological polar surface area (TPSA) is 31.6 Å². The van der Waals surface area contributed by atoms with Crippen molar-refractivity contribution in [2.75, 3.05) is 0 Å². The third kappa shape index (κ3) is 2.70. The van der Waals surface area contributed by atoms with Crippen LogP contribution in [0, 0.1) is 13.8 Å². The summed E-state index contributed by atoms with van der Waals surface area (Å²) in [5.74, 6) is 0.118. The van der Waals surface area contributed by atoms with E-state index in [-0.39, 0.29) is 5.92 Å². The quantitative estimate of drug-likeness (QED) is 0.304. The van der Waals surface area contributed by atoms with Gasteiger partial charge in [0.1, 0.15) is 0 Å². The van der Waals surface area contributed by atoms with Crippen LogP contribution >= 0.6 is 15.9 Å². The summed E-state index contributed by atoms with van der Waals surface area (Å²) in [6, 6.07) is 25.8. The second kappa shape index (κ2) is 6.68. The van der Waals surface area contributed by atoms with Crippen molar-refractivity contribution >= 4 is 37.7 Å².